The first kappa shape index (κ1) is 20.0. The highest BCUT2D eigenvalue weighted by molar-refractivity contribution is 6.07. The zero-order chi connectivity index (χ0) is 19.9. The van der Waals surface area contributed by atoms with Crippen molar-refractivity contribution in [2.45, 2.75) is 88.5 Å². The van der Waals surface area contributed by atoms with Crippen LogP contribution in [0.2, 0.25) is 0 Å². The van der Waals surface area contributed by atoms with Crippen molar-refractivity contribution in [2.24, 2.45) is 11.8 Å². The van der Waals surface area contributed by atoms with Crippen LogP contribution in [0, 0.1) is 11.8 Å². The SMILES string of the molecule is CC1(C2CC(F)CCC2F)NC(=O)N(CC2NCC(C3CCCCC3)O2)C1=O. The number of nitrogens with zero attached hydrogens (tertiary/aromatic N) is 1. The summed E-state index contributed by atoms with van der Waals surface area (Å²) in [5, 5.41) is 5.91. The van der Waals surface area contributed by atoms with Gasteiger partial charge in [0.05, 0.1) is 12.6 Å². The van der Waals surface area contributed by atoms with Crippen molar-refractivity contribution in [3.8, 4) is 0 Å². The first-order valence-electron chi connectivity index (χ1n) is 10.7. The molecular weight excluding hydrogens is 368 g/mol. The molecule has 4 fully saturated rings. The Morgan fingerprint density at radius 3 is 2.64 bits per heavy atom. The number of hydrogen-bond donors (Lipinski definition) is 2. The van der Waals surface area contributed by atoms with Gasteiger partial charge in [0.15, 0.2) is 0 Å². The maximum Gasteiger partial charge on any atom is 0.325 e. The monoisotopic (exact) mass is 399 g/mol. The normalized spacial score (nSPS) is 42.8. The van der Waals surface area contributed by atoms with Crippen molar-refractivity contribution < 1.29 is 23.1 Å². The molecule has 2 heterocycles. The van der Waals surface area contributed by atoms with Crippen LogP contribution in [-0.4, -0.2) is 60.1 Å². The molecule has 6 atom stereocenters. The standard InChI is InChI=1S/C20H31F2N3O3/c1-20(14-9-13(21)7-8-15(14)22)18(26)25(19(27)24-20)11-17-23-10-16(28-17)12-5-3-2-4-6-12/h12-17,23H,2-11H2,1H3,(H,24,27). The molecule has 0 bridgehead atoms. The number of carbonyl (C=O) groups excluding carboxylic acids is 2. The Morgan fingerprint density at radius 1 is 1.14 bits per heavy atom. The minimum atomic E-state index is -1.40. The van der Waals surface area contributed by atoms with E-state index < -0.39 is 42.0 Å². The second kappa shape index (κ2) is 7.86. The number of hydrogen-bond acceptors (Lipinski definition) is 4. The van der Waals surface area contributed by atoms with E-state index in [0.29, 0.717) is 5.92 Å². The van der Waals surface area contributed by atoms with Crippen molar-refractivity contribution >= 4 is 11.9 Å². The molecule has 4 rings (SSSR count). The molecule has 0 aromatic rings. The van der Waals surface area contributed by atoms with E-state index in [1.165, 1.54) is 26.2 Å². The molecule has 8 heteroatoms. The lowest BCUT2D eigenvalue weighted by Gasteiger charge is -2.38. The zero-order valence-electron chi connectivity index (χ0n) is 16.5. The molecule has 28 heavy (non-hydrogen) atoms. The summed E-state index contributed by atoms with van der Waals surface area (Å²) in [4.78, 5) is 26.6. The Morgan fingerprint density at radius 2 is 1.89 bits per heavy atom. The lowest BCUT2D eigenvalue weighted by molar-refractivity contribution is -0.136. The van der Waals surface area contributed by atoms with Crippen LogP contribution in [0.1, 0.15) is 58.3 Å². The molecule has 2 aliphatic heterocycles. The molecule has 0 aromatic heterocycles. The third-order valence-electron chi connectivity index (χ3n) is 7.15. The van der Waals surface area contributed by atoms with Gasteiger partial charge in [-0.05, 0) is 44.9 Å². The number of amides is 3. The molecule has 2 aliphatic carbocycles. The molecule has 6 nitrogen and oxygen atoms in total. The van der Waals surface area contributed by atoms with E-state index in [0.717, 1.165) is 24.3 Å². The number of imide groups is 1. The lowest BCUT2D eigenvalue weighted by Crippen LogP contribution is -2.56. The largest absolute Gasteiger partial charge is 0.357 e. The smallest absolute Gasteiger partial charge is 0.325 e. The summed E-state index contributed by atoms with van der Waals surface area (Å²) in [6.45, 7) is 2.33. The van der Waals surface area contributed by atoms with Gasteiger partial charge < -0.3 is 10.1 Å². The minimum Gasteiger partial charge on any atom is -0.357 e. The van der Waals surface area contributed by atoms with E-state index in [2.05, 4.69) is 10.6 Å². The maximum atomic E-state index is 14.5. The molecule has 2 saturated carbocycles. The molecule has 6 unspecified atom stereocenters. The highest BCUT2D eigenvalue weighted by Gasteiger charge is 2.56. The molecule has 2 N–H and O–H groups in total. The minimum absolute atomic E-state index is 0.0422. The predicted octanol–water partition coefficient (Wildman–Crippen LogP) is 2.67. The molecular formula is C20H31F2N3O3. The Bertz CT molecular complexity index is 616. The van der Waals surface area contributed by atoms with Crippen molar-refractivity contribution in [1.82, 2.24) is 15.5 Å². The highest BCUT2D eigenvalue weighted by atomic mass is 19.1. The Hall–Kier alpha value is -1.28. The van der Waals surface area contributed by atoms with Gasteiger partial charge >= 0.3 is 6.03 Å². The van der Waals surface area contributed by atoms with Crippen LogP contribution in [0.3, 0.4) is 0 Å². The second-order valence-electron chi connectivity index (χ2n) is 9.05. The third kappa shape index (κ3) is 3.65. The van der Waals surface area contributed by atoms with Gasteiger partial charge in [0.1, 0.15) is 24.1 Å². The summed E-state index contributed by atoms with van der Waals surface area (Å²) in [6.07, 6.45) is 3.52. The first-order chi connectivity index (χ1) is 13.4. The van der Waals surface area contributed by atoms with Crippen molar-refractivity contribution in [3.05, 3.63) is 0 Å². The topological polar surface area (TPSA) is 70.7 Å². The van der Waals surface area contributed by atoms with Crippen LogP contribution >= 0.6 is 0 Å². The van der Waals surface area contributed by atoms with Crippen LogP contribution in [0.5, 0.6) is 0 Å². The number of alkyl halides is 2. The van der Waals surface area contributed by atoms with Gasteiger partial charge in [-0.25, -0.2) is 13.6 Å². The molecule has 0 aromatic carbocycles. The van der Waals surface area contributed by atoms with E-state index in [4.69, 9.17) is 4.74 Å². The summed E-state index contributed by atoms with van der Waals surface area (Å²) in [7, 11) is 0. The zero-order valence-corrected chi connectivity index (χ0v) is 16.5. The fraction of sp³-hybridized carbons (Fsp3) is 0.900. The summed E-state index contributed by atoms with van der Waals surface area (Å²) < 4.78 is 34.4. The third-order valence-corrected chi connectivity index (χ3v) is 7.15. The number of ether oxygens (including phenoxy) is 1. The van der Waals surface area contributed by atoms with Gasteiger partial charge in [-0.2, -0.15) is 0 Å². The Labute approximate surface area is 164 Å². The van der Waals surface area contributed by atoms with Gasteiger partial charge in [0.2, 0.25) is 0 Å². The van der Waals surface area contributed by atoms with Gasteiger partial charge in [-0.1, -0.05) is 19.3 Å². The average Bonchev–Trinajstić information content (AvgIpc) is 3.24. The first-order valence-corrected chi connectivity index (χ1v) is 10.7. The lowest BCUT2D eigenvalue weighted by atomic mass is 9.73. The van der Waals surface area contributed by atoms with E-state index >= 15 is 0 Å². The molecule has 4 aliphatic rings. The molecule has 2 saturated heterocycles. The average molecular weight is 399 g/mol. The second-order valence-corrected chi connectivity index (χ2v) is 9.05. The number of rotatable bonds is 4. The number of urea groups is 1. The quantitative estimate of drug-likeness (QED) is 0.713. The van der Waals surface area contributed by atoms with Gasteiger partial charge in [0.25, 0.3) is 5.91 Å². The van der Waals surface area contributed by atoms with Crippen LogP contribution in [0.25, 0.3) is 0 Å². The fourth-order valence-electron chi connectivity index (χ4n) is 5.42. The number of halogens is 2. The summed E-state index contributed by atoms with van der Waals surface area (Å²) >= 11 is 0. The predicted molar refractivity (Wildman–Crippen MR) is 99.0 cm³/mol. The van der Waals surface area contributed by atoms with Crippen LogP contribution in [-0.2, 0) is 9.53 Å². The fourth-order valence-corrected chi connectivity index (χ4v) is 5.42. The number of nitrogens with one attached hydrogen (secondary N) is 2. The molecule has 0 radical (unpaired) electrons. The molecule has 3 amide bonds. The van der Waals surface area contributed by atoms with Gasteiger partial charge in [0, 0.05) is 12.5 Å². The van der Waals surface area contributed by atoms with E-state index in [9.17, 15) is 18.4 Å². The number of carbonyl (C=O) groups is 2. The summed E-state index contributed by atoms with van der Waals surface area (Å²) in [5.74, 6) is -0.799. The van der Waals surface area contributed by atoms with E-state index in [-0.39, 0.29) is 31.9 Å². The summed E-state index contributed by atoms with van der Waals surface area (Å²) in [5.41, 5.74) is -1.40. The van der Waals surface area contributed by atoms with Crippen LogP contribution in [0.4, 0.5) is 13.6 Å². The van der Waals surface area contributed by atoms with Crippen molar-refractivity contribution in [1.29, 1.82) is 0 Å². The van der Waals surface area contributed by atoms with E-state index in [1.54, 1.807) is 0 Å². The highest BCUT2D eigenvalue weighted by Crippen LogP contribution is 2.39. The molecule has 158 valence electrons. The van der Waals surface area contributed by atoms with Crippen LogP contribution in [0.15, 0.2) is 0 Å². The summed E-state index contributed by atoms with van der Waals surface area (Å²) in [6, 6.07) is -0.549. The Kier molecular flexibility index (Phi) is 5.62. The molecule has 0 spiro atoms. The van der Waals surface area contributed by atoms with Crippen molar-refractivity contribution in [2.75, 3.05) is 13.1 Å². The van der Waals surface area contributed by atoms with E-state index in [1.807, 2.05) is 0 Å². The van der Waals surface area contributed by atoms with Crippen LogP contribution < -0.4 is 10.6 Å². The Balaban J connectivity index is 1.39. The van der Waals surface area contributed by atoms with Crippen molar-refractivity contribution in [3.63, 3.8) is 0 Å². The van der Waals surface area contributed by atoms with Gasteiger partial charge in [-0.3, -0.25) is 15.0 Å². The maximum absolute atomic E-state index is 14.5. The van der Waals surface area contributed by atoms with Gasteiger partial charge in [-0.15, -0.1) is 0 Å².